The Morgan fingerprint density at radius 3 is 2.58 bits per heavy atom. The first-order valence-corrected chi connectivity index (χ1v) is 13.7. The summed E-state index contributed by atoms with van der Waals surface area (Å²) in [6.45, 7) is 4.87. The zero-order valence-corrected chi connectivity index (χ0v) is 22.5. The van der Waals surface area contributed by atoms with Gasteiger partial charge in [0.1, 0.15) is 30.2 Å². The minimum atomic E-state index is -0.265. The average Bonchev–Trinajstić information content (AvgIpc) is 3.36. The van der Waals surface area contributed by atoms with E-state index < -0.39 is 0 Å². The molecule has 204 valence electrons. The predicted octanol–water partition coefficient (Wildman–Crippen LogP) is 5.68. The number of aromatic nitrogens is 4. The van der Waals surface area contributed by atoms with Crippen LogP contribution in [0.15, 0.2) is 73.1 Å². The SMILES string of the molecule is CCOc1ccc2cc(-c3nn(CC4CCN(C(=O)OCc5ccccc5)CC4)c4ncnc(N)c34)ccc2c1. The largest absolute Gasteiger partial charge is 0.494 e. The van der Waals surface area contributed by atoms with Crippen LogP contribution >= 0.6 is 0 Å². The van der Waals surface area contributed by atoms with Crippen molar-refractivity contribution in [2.75, 3.05) is 25.4 Å². The zero-order valence-electron chi connectivity index (χ0n) is 22.5. The van der Waals surface area contributed by atoms with Crippen molar-refractivity contribution in [2.24, 2.45) is 5.92 Å². The van der Waals surface area contributed by atoms with Crippen molar-refractivity contribution < 1.29 is 14.3 Å². The zero-order chi connectivity index (χ0) is 27.5. The van der Waals surface area contributed by atoms with Crippen LogP contribution in [0.5, 0.6) is 5.75 Å². The number of hydrogen-bond acceptors (Lipinski definition) is 7. The Labute approximate surface area is 232 Å². The average molecular weight is 537 g/mol. The summed E-state index contributed by atoms with van der Waals surface area (Å²) in [6.07, 6.45) is 2.94. The van der Waals surface area contributed by atoms with Crippen molar-refractivity contribution in [3.63, 3.8) is 0 Å². The molecule has 1 aliphatic rings. The molecule has 2 aromatic heterocycles. The van der Waals surface area contributed by atoms with E-state index in [-0.39, 0.29) is 12.7 Å². The van der Waals surface area contributed by atoms with Crippen LogP contribution in [0.1, 0.15) is 25.3 Å². The summed E-state index contributed by atoms with van der Waals surface area (Å²) in [5.41, 5.74) is 9.78. The third-order valence-electron chi connectivity index (χ3n) is 7.46. The van der Waals surface area contributed by atoms with Gasteiger partial charge in [0.2, 0.25) is 0 Å². The van der Waals surface area contributed by atoms with Crippen LogP contribution in [0.4, 0.5) is 10.6 Å². The minimum Gasteiger partial charge on any atom is -0.494 e. The third-order valence-corrected chi connectivity index (χ3v) is 7.46. The van der Waals surface area contributed by atoms with Gasteiger partial charge in [-0.2, -0.15) is 5.10 Å². The van der Waals surface area contributed by atoms with Gasteiger partial charge in [-0.15, -0.1) is 0 Å². The Morgan fingerprint density at radius 1 is 1.00 bits per heavy atom. The van der Waals surface area contributed by atoms with E-state index in [0.717, 1.165) is 57.2 Å². The molecule has 0 spiro atoms. The Hall–Kier alpha value is -4.66. The van der Waals surface area contributed by atoms with E-state index in [0.29, 0.717) is 38.0 Å². The fourth-order valence-electron chi connectivity index (χ4n) is 5.34. The lowest BCUT2D eigenvalue weighted by Gasteiger charge is -2.31. The highest BCUT2D eigenvalue weighted by Crippen LogP contribution is 2.33. The molecule has 3 heterocycles. The highest BCUT2D eigenvalue weighted by Gasteiger charge is 2.26. The summed E-state index contributed by atoms with van der Waals surface area (Å²) >= 11 is 0. The second-order valence-electron chi connectivity index (χ2n) is 10.1. The lowest BCUT2D eigenvalue weighted by atomic mass is 9.97. The van der Waals surface area contributed by atoms with Gasteiger partial charge in [-0.25, -0.2) is 19.4 Å². The topological polar surface area (TPSA) is 108 Å². The van der Waals surface area contributed by atoms with E-state index in [1.165, 1.54) is 6.33 Å². The first-order valence-electron chi connectivity index (χ1n) is 13.7. The number of rotatable bonds is 7. The highest BCUT2D eigenvalue weighted by atomic mass is 16.6. The predicted molar refractivity (Wildman–Crippen MR) is 155 cm³/mol. The summed E-state index contributed by atoms with van der Waals surface area (Å²) < 4.78 is 13.1. The molecule has 1 saturated heterocycles. The van der Waals surface area contributed by atoms with Gasteiger partial charge in [-0.1, -0.05) is 48.5 Å². The maximum atomic E-state index is 12.6. The Kier molecular flexibility index (Phi) is 7.18. The number of fused-ring (bicyclic) bond motifs is 2. The number of likely N-dealkylation sites (tertiary alicyclic amines) is 1. The molecular formula is C31H32N6O3. The lowest BCUT2D eigenvalue weighted by molar-refractivity contribution is 0.0805. The smallest absolute Gasteiger partial charge is 0.410 e. The lowest BCUT2D eigenvalue weighted by Crippen LogP contribution is -2.39. The van der Waals surface area contributed by atoms with Gasteiger partial charge in [0, 0.05) is 25.2 Å². The van der Waals surface area contributed by atoms with Crippen LogP contribution in [0.2, 0.25) is 0 Å². The van der Waals surface area contributed by atoms with Crippen molar-refractivity contribution in [3.8, 4) is 17.0 Å². The molecule has 0 unspecified atom stereocenters. The fraction of sp³-hybridized carbons (Fsp3) is 0.290. The quantitative estimate of drug-likeness (QED) is 0.285. The molecule has 0 bridgehead atoms. The van der Waals surface area contributed by atoms with Gasteiger partial charge in [-0.3, -0.25) is 0 Å². The summed E-state index contributed by atoms with van der Waals surface area (Å²) in [5.74, 6) is 1.61. The molecule has 0 saturated carbocycles. The molecule has 0 atom stereocenters. The molecule has 9 nitrogen and oxygen atoms in total. The molecule has 1 aliphatic heterocycles. The van der Waals surface area contributed by atoms with Crippen molar-refractivity contribution in [1.29, 1.82) is 0 Å². The molecule has 40 heavy (non-hydrogen) atoms. The van der Waals surface area contributed by atoms with Crippen LogP contribution in [-0.4, -0.2) is 50.4 Å². The van der Waals surface area contributed by atoms with Gasteiger partial charge in [0.15, 0.2) is 5.65 Å². The van der Waals surface area contributed by atoms with E-state index in [1.807, 2.05) is 54.1 Å². The molecule has 0 aliphatic carbocycles. The summed E-state index contributed by atoms with van der Waals surface area (Å²) in [6, 6.07) is 22.1. The number of piperidine rings is 1. The van der Waals surface area contributed by atoms with Gasteiger partial charge in [0.05, 0.1) is 12.0 Å². The molecule has 0 radical (unpaired) electrons. The van der Waals surface area contributed by atoms with Crippen LogP contribution in [0.25, 0.3) is 33.1 Å². The molecular weight excluding hydrogens is 504 g/mol. The molecule has 9 heteroatoms. The highest BCUT2D eigenvalue weighted by molar-refractivity contribution is 6.00. The second-order valence-corrected chi connectivity index (χ2v) is 10.1. The normalized spacial score (nSPS) is 14.1. The van der Waals surface area contributed by atoms with Gasteiger partial charge < -0.3 is 20.1 Å². The summed E-state index contributed by atoms with van der Waals surface area (Å²) in [5, 5.41) is 7.93. The summed E-state index contributed by atoms with van der Waals surface area (Å²) in [7, 11) is 0. The molecule has 5 aromatic rings. The molecule has 2 N–H and O–H groups in total. The van der Waals surface area contributed by atoms with Crippen LogP contribution < -0.4 is 10.5 Å². The van der Waals surface area contributed by atoms with E-state index in [2.05, 4.69) is 34.2 Å². The number of amides is 1. The standard InChI is InChI=1S/C31H32N6O3/c1-2-39-26-11-10-23-16-25(9-8-24(23)17-26)28-27-29(32)33-20-34-30(27)37(35-28)18-21-12-14-36(15-13-21)31(38)40-19-22-6-4-3-5-7-22/h3-11,16-17,20-21H,2,12-15,18-19H2,1H3,(H2,32,33,34). The number of carbonyl (C=O) groups excluding carboxylic acids is 1. The Balaban J connectivity index is 1.18. The molecule has 1 amide bonds. The maximum Gasteiger partial charge on any atom is 0.410 e. The van der Waals surface area contributed by atoms with Crippen molar-refractivity contribution >= 4 is 33.7 Å². The van der Waals surface area contributed by atoms with Crippen molar-refractivity contribution in [3.05, 3.63) is 78.6 Å². The number of anilines is 1. The van der Waals surface area contributed by atoms with Crippen LogP contribution in [0, 0.1) is 5.92 Å². The second kappa shape index (κ2) is 11.2. The molecule has 6 rings (SSSR count). The first-order chi connectivity index (χ1) is 19.6. The number of hydrogen-bond donors (Lipinski definition) is 1. The summed E-state index contributed by atoms with van der Waals surface area (Å²) in [4.78, 5) is 23.2. The van der Waals surface area contributed by atoms with Crippen LogP contribution in [-0.2, 0) is 17.9 Å². The number of nitrogens with two attached hydrogens (primary N) is 1. The van der Waals surface area contributed by atoms with Crippen molar-refractivity contribution in [2.45, 2.75) is 32.9 Å². The van der Waals surface area contributed by atoms with Gasteiger partial charge >= 0.3 is 6.09 Å². The van der Waals surface area contributed by atoms with Crippen molar-refractivity contribution in [1.82, 2.24) is 24.6 Å². The minimum absolute atomic E-state index is 0.265. The van der Waals surface area contributed by atoms with Gasteiger partial charge in [0.25, 0.3) is 0 Å². The molecule has 3 aromatic carbocycles. The number of nitrogens with zero attached hydrogens (tertiary/aromatic N) is 5. The Morgan fingerprint density at radius 2 is 1.77 bits per heavy atom. The Bertz CT molecular complexity index is 1640. The van der Waals surface area contributed by atoms with E-state index in [4.69, 9.17) is 20.3 Å². The van der Waals surface area contributed by atoms with E-state index >= 15 is 0 Å². The maximum absolute atomic E-state index is 12.6. The first kappa shape index (κ1) is 25.6. The number of benzene rings is 3. The monoisotopic (exact) mass is 536 g/mol. The number of carbonyl (C=O) groups is 1. The number of nitrogen functional groups attached to an aromatic ring is 1. The van der Waals surface area contributed by atoms with E-state index in [9.17, 15) is 4.79 Å². The van der Waals surface area contributed by atoms with E-state index in [1.54, 1.807) is 4.90 Å². The fourth-order valence-corrected chi connectivity index (χ4v) is 5.34. The molecule has 1 fully saturated rings. The number of ether oxygens (including phenoxy) is 2. The van der Waals surface area contributed by atoms with Crippen LogP contribution in [0.3, 0.4) is 0 Å². The third kappa shape index (κ3) is 5.27. The van der Waals surface area contributed by atoms with Gasteiger partial charge in [-0.05, 0) is 60.2 Å².